The predicted octanol–water partition coefficient (Wildman–Crippen LogP) is 1.30. The van der Waals surface area contributed by atoms with Crippen LogP contribution in [0.25, 0.3) is 0 Å². The van der Waals surface area contributed by atoms with E-state index in [2.05, 4.69) is 18.7 Å². The van der Waals surface area contributed by atoms with Gasteiger partial charge in [-0.3, -0.25) is 4.79 Å². The molecule has 1 aliphatic rings. The number of rotatable bonds is 6. The first-order valence-corrected chi connectivity index (χ1v) is 7.22. The number of nitrogens with two attached hydrogens (primary N) is 1. The zero-order valence-corrected chi connectivity index (χ0v) is 12.2. The summed E-state index contributed by atoms with van der Waals surface area (Å²) in [5.74, 6) is 0.980. The lowest BCUT2D eigenvalue weighted by Gasteiger charge is -2.37. The van der Waals surface area contributed by atoms with Crippen LogP contribution in [0.1, 0.15) is 39.5 Å². The summed E-state index contributed by atoms with van der Waals surface area (Å²) in [6.07, 6.45) is 3.61. The molecule has 1 rings (SSSR count). The van der Waals surface area contributed by atoms with Crippen LogP contribution >= 0.6 is 0 Å². The first-order chi connectivity index (χ1) is 8.54. The zero-order chi connectivity index (χ0) is 13.5. The van der Waals surface area contributed by atoms with Crippen molar-refractivity contribution in [1.82, 2.24) is 9.80 Å². The second-order valence-corrected chi connectivity index (χ2v) is 5.82. The molecule has 0 radical (unpaired) electrons. The number of hydrogen-bond donors (Lipinski definition) is 1. The number of nitrogens with zero attached hydrogens (tertiary/aromatic N) is 2. The molecule has 4 heteroatoms. The van der Waals surface area contributed by atoms with Gasteiger partial charge >= 0.3 is 0 Å². The van der Waals surface area contributed by atoms with Crippen LogP contribution in [0.15, 0.2) is 0 Å². The highest BCUT2D eigenvalue weighted by Crippen LogP contribution is 2.17. The van der Waals surface area contributed by atoms with Crippen molar-refractivity contribution in [3.8, 4) is 0 Å². The summed E-state index contributed by atoms with van der Waals surface area (Å²) < 4.78 is 0. The summed E-state index contributed by atoms with van der Waals surface area (Å²) in [6.45, 7) is 8.54. The van der Waals surface area contributed by atoms with E-state index in [0.717, 1.165) is 38.3 Å². The lowest BCUT2D eigenvalue weighted by molar-refractivity contribution is -0.132. The van der Waals surface area contributed by atoms with Crippen LogP contribution in [0.5, 0.6) is 0 Å². The van der Waals surface area contributed by atoms with Gasteiger partial charge in [0.25, 0.3) is 0 Å². The maximum Gasteiger partial charge on any atom is 0.222 e. The van der Waals surface area contributed by atoms with E-state index < -0.39 is 0 Å². The van der Waals surface area contributed by atoms with Gasteiger partial charge in [0.1, 0.15) is 0 Å². The Labute approximate surface area is 111 Å². The molecule has 0 unspecified atom stereocenters. The first-order valence-electron chi connectivity index (χ1n) is 7.22. The number of amides is 1. The third-order valence-electron chi connectivity index (χ3n) is 3.72. The lowest BCUT2D eigenvalue weighted by Crippen LogP contribution is -2.46. The number of carbonyl (C=O) groups is 1. The Bertz CT molecular complexity index is 247. The molecule has 2 N–H and O–H groups in total. The molecule has 1 heterocycles. The number of carbonyl (C=O) groups excluding carboxylic acids is 1. The van der Waals surface area contributed by atoms with Crippen LogP contribution in [0.3, 0.4) is 0 Å². The van der Waals surface area contributed by atoms with Crippen molar-refractivity contribution in [1.29, 1.82) is 0 Å². The van der Waals surface area contributed by atoms with Crippen LogP contribution < -0.4 is 5.73 Å². The average Bonchev–Trinajstić information content (AvgIpc) is 2.35. The minimum atomic E-state index is 0.253. The van der Waals surface area contributed by atoms with Gasteiger partial charge in [-0.05, 0) is 31.7 Å². The SMILES string of the molecule is CC(C)CN1CCC(N(C)C(=O)CCCN)CC1. The van der Waals surface area contributed by atoms with Crippen molar-refractivity contribution in [2.24, 2.45) is 11.7 Å². The van der Waals surface area contributed by atoms with Crippen molar-refractivity contribution >= 4 is 5.91 Å². The van der Waals surface area contributed by atoms with E-state index in [1.165, 1.54) is 6.54 Å². The van der Waals surface area contributed by atoms with E-state index in [9.17, 15) is 4.79 Å². The monoisotopic (exact) mass is 255 g/mol. The zero-order valence-electron chi connectivity index (χ0n) is 12.2. The van der Waals surface area contributed by atoms with E-state index >= 15 is 0 Å². The summed E-state index contributed by atoms with van der Waals surface area (Å²) in [7, 11) is 1.95. The molecule has 0 saturated carbocycles. The quantitative estimate of drug-likeness (QED) is 0.778. The number of hydrogen-bond acceptors (Lipinski definition) is 3. The Kier molecular flexibility index (Phi) is 6.65. The first kappa shape index (κ1) is 15.4. The van der Waals surface area contributed by atoms with Crippen LogP contribution in [0.2, 0.25) is 0 Å². The van der Waals surface area contributed by atoms with Crippen molar-refractivity contribution in [2.45, 2.75) is 45.6 Å². The molecule has 0 spiro atoms. The molecule has 0 aliphatic carbocycles. The molecule has 0 aromatic rings. The average molecular weight is 255 g/mol. The van der Waals surface area contributed by atoms with E-state index in [0.29, 0.717) is 19.0 Å². The smallest absolute Gasteiger partial charge is 0.222 e. The predicted molar refractivity (Wildman–Crippen MR) is 75.4 cm³/mol. The molecule has 0 aromatic carbocycles. The molecule has 18 heavy (non-hydrogen) atoms. The molecule has 4 nitrogen and oxygen atoms in total. The summed E-state index contributed by atoms with van der Waals surface area (Å²) in [4.78, 5) is 16.4. The molecule has 1 amide bonds. The minimum absolute atomic E-state index is 0.253. The molecule has 106 valence electrons. The number of piperidine rings is 1. The van der Waals surface area contributed by atoms with Gasteiger partial charge in [0.05, 0.1) is 0 Å². The van der Waals surface area contributed by atoms with Crippen molar-refractivity contribution in [2.75, 3.05) is 33.2 Å². The van der Waals surface area contributed by atoms with Crippen molar-refractivity contribution in [3.63, 3.8) is 0 Å². The van der Waals surface area contributed by atoms with Crippen LogP contribution in [0, 0.1) is 5.92 Å². The number of likely N-dealkylation sites (tertiary alicyclic amines) is 1. The van der Waals surface area contributed by atoms with Gasteiger partial charge in [-0.2, -0.15) is 0 Å². The second-order valence-electron chi connectivity index (χ2n) is 5.82. The second kappa shape index (κ2) is 7.74. The maximum absolute atomic E-state index is 11.9. The maximum atomic E-state index is 11.9. The summed E-state index contributed by atoms with van der Waals surface area (Å²) in [5, 5.41) is 0. The lowest BCUT2D eigenvalue weighted by atomic mass is 10.0. The largest absolute Gasteiger partial charge is 0.343 e. The van der Waals surface area contributed by atoms with Crippen LogP contribution in [-0.4, -0.2) is 55.0 Å². The van der Waals surface area contributed by atoms with Gasteiger partial charge in [-0.25, -0.2) is 0 Å². The Hall–Kier alpha value is -0.610. The fraction of sp³-hybridized carbons (Fsp3) is 0.929. The summed E-state index contributed by atoms with van der Waals surface area (Å²) in [5.41, 5.74) is 5.44. The van der Waals surface area contributed by atoms with Gasteiger partial charge in [0.2, 0.25) is 5.91 Å². The molecule has 1 aliphatic heterocycles. The van der Waals surface area contributed by atoms with Gasteiger partial charge in [-0.1, -0.05) is 13.8 Å². The fourth-order valence-corrected chi connectivity index (χ4v) is 2.64. The topological polar surface area (TPSA) is 49.6 Å². The molecule has 0 bridgehead atoms. The normalized spacial score (nSPS) is 18.3. The summed E-state index contributed by atoms with van der Waals surface area (Å²) >= 11 is 0. The van der Waals surface area contributed by atoms with Crippen molar-refractivity contribution < 1.29 is 4.79 Å². The van der Waals surface area contributed by atoms with Crippen molar-refractivity contribution in [3.05, 3.63) is 0 Å². The molecular formula is C14H29N3O. The molecule has 1 fully saturated rings. The Morgan fingerprint density at radius 1 is 1.39 bits per heavy atom. The van der Waals surface area contributed by atoms with Gasteiger partial charge < -0.3 is 15.5 Å². The molecule has 0 aromatic heterocycles. The Morgan fingerprint density at radius 2 is 2.00 bits per heavy atom. The van der Waals surface area contributed by atoms with Gasteiger partial charge in [0.15, 0.2) is 0 Å². The third kappa shape index (κ3) is 4.94. The van der Waals surface area contributed by atoms with Crippen LogP contribution in [-0.2, 0) is 4.79 Å². The van der Waals surface area contributed by atoms with E-state index in [-0.39, 0.29) is 5.91 Å². The fourth-order valence-electron chi connectivity index (χ4n) is 2.64. The minimum Gasteiger partial charge on any atom is -0.343 e. The highest BCUT2D eigenvalue weighted by atomic mass is 16.2. The van der Waals surface area contributed by atoms with E-state index in [1.807, 2.05) is 11.9 Å². The highest BCUT2D eigenvalue weighted by molar-refractivity contribution is 5.76. The molecular weight excluding hydrogens is 226 g/mol. The highest BCUT2D eigenvalue weighted by Gasteiger charge is 2.24. The molecule has 1 saturated heterocycles. The van der Waals surface area contributed by atoms with Gasteiger partial charge in [0, 0.05) is 39.1 Å². The standard InChI is InChI=1S/C14H29N3O/c1-12(2)11-17-9-6-13(7-10-17)16(3)14(18)5-4-8-15/h12-13H,4-11,15H2,1-3H3. The van der Waals surface area contributed by atoms with Gasteiger partial charge in [-0.15, -0.1) is 0 Å². The molecule has 0 atom stereocenters. The van der Waals surface area contributed by atoms with Crippen LogP contribution in [0.4, 0.5) is 0 Å². The van der Waals surface area contributed by atoms with E-state index in [4.69, 9.17) is 5.73 Å². The summed E-state index contributed by atoms with van der Waals surface area (Å²) in [6, 6.07) is 0.429. The Morgan fingerprint density at radius 3 is 2.50 bits per heavy atom. The van der Waals surface area contributed by atoms with E-state index in [1.54, 1.807) is 0 Å². The Balaban J connectivity index is 2.31. The third-order valence-corrected chi connectivity index (χ3v) is 3.72.